The van der Waals surface area contributed by atoms with Crippen LogP contribution in [0.15, 0.2) is 12.3 Å². The Labute approximate surface area is 155 Å². The van der Waals surface area contributed by atoms with Gasteiger partial charge in [-0.25, -0.2) is 0 Å². The van der Waals surface area contributed by atoms with Crippen LogP contribution < -0.4 is 0 Å². The molecule has 0 aliphatic heterocycles. The average molecular weight is 407 g/mol. The van der Waals surface area contributed by atoms with Crippen molar-refractivity contribution in [3.63, 3.8) is 0 Å². The highest BCUT2D eigenvalue weighted by atomic mass is 28.5. The number of unbranched alkanes of at least 4 members (excludes halogenated alkanes) is 2. The van der Waals surface area contributed by atoms with Gasteiger partial charge in [0.05, 0.1) is 0 Å². The van der Waals surface area contributed by atoms with Crippen LogP contribution in [-0.2, 0) is 12.3 Å². The lowest BCUT2D eigenvalue weighted by molar-refractivity contribution is 0.332. The van der Waals surface area contributed by atoms with Gasteiger partial charge < -0.3 is 12.3 Å². The number of hydrogen-bond donors (Lipinski definition) is 0. The molecule has 0 fully saturated rings. The molecule has 1 unspecified atom stereocenters. The summed E-state index contributed by atoms with van der Waals surface area (Å²) in [5, 5.41) is 0. The summed E-state index contributed by atoms with van der Waals surface area (Å²) < 4.78 is 19.8. The first-order valence-corrected chi connectivity index (χ1v) is 21.0. The van der Waals surface area contributed by atoms with Crippen molar-refractivity contribution >= 4 is 33.8 Å². The topological polar surface area (TPSA) is 27.7 Å². The third-order valence-electron chi connectivity index (χ3n) is 4.09. The third-order valence-corrected chi connectivity index (χ3v) is 19.5. The molecule has 144 valence electrons. The molecule has 24 heavy (non-hydrogen) atoms. The summed E-state index contributed by atoms with van der Waals surface area (Å²) >= 11 is 0. The zero-order chi connectivity index (χ0) is 19.1. The van der Waals surface area contributed by atoms with E-state index < -0.39 is 33.8 Å². The van der Waals surface area contributed by atoms with Gasteiger partial charge in [0, 0.05) is 0 Å². The smallest absolute Gasteiger partial charge is 0.342 e. The first-order valence-electron chi connectivity index (χ1n) is 9.54. The molecule has 0 heterocycles. The zero-order valence-corrected chi connectivity index (χ0v) is 21.8. The highest BCUT2D eigenvalue weighted by Gasteiger charge is 2.44. The predicted molar refractivity (Wildman–Crippen MR) is 117 cm³/mol. The minimum atomic E-state index is -2.39. The Kier molecular flexibility index (Phi) is 10.2. The lowest BCUT2D eigenvalue weighted by Crippen LogP contribution is -2.57. The summed E-state index contributed by atoms with van der Waals surface area (Å²) in [6, 6.07) is 2.39. The van der Waals surface area contributed by atoms with E-state index in [4.69, 9.17) is 12.3 Å². The van der Waals surface area contributed by atoms with E-state index in [1.54, 1.807) is 0 Å². The van der Waals surface area contributed by atoms with E-state index in [1.165, 1.54) is 37.8 Å². The molecule has 0 bridgehead atoms. The van der Waals surface area contributed by atoms with Gasteiger partial charge in [0.1, 0.15) is 0 Å². The van der Waals surface area contributed by atoms with Crippen molar-refractivity contribution in [1.29, 1.82) is 0 Å². The average Bonchev–Trinajstić information content (AvgIpc) is 2.40. The van der Waals surface area contributed by atoms with E-state index in [0.29, 0.717) is 0 Å². The van der Waals surface area contributed by atoms with Crippen molar-refractivity contribution in [3.8, 4) is 0 Å². The Morgan fingerprint density at radius 3 is 1.50 bits per heavy atom. The van der Waals surface area contributed by atoms with Crippen LogP contribution in [0.1, 0.15) is 39.5 Å². The molecule has 0 aromatic rings. The van der Waals surface area contributed by atoms with Crippen LogP contribution in [0.3, 0.4) is 0 Å². The standard InChI is InChI=1S/C17H42O3Si4/c1-11-14-16-21(4,5)18-23(8,9)20-24(10,13-3)19-22(6,7)17-15-12-2/h13H,3,11-12,14-17H2,1-2,4-10H3. The molecule has 0 radical (unpaired) electrons. The van der Waals surface area contributed by atoms with Crippen LogP contribution in [0.2, 0.25) is 57.9 Å². The second kappa shape index (κ2) is 9.99. The van der Waals surface area contributed by atoms with Gasteiger partial charge >= 0.3 is 17.1 Å². The van der Waals surface area contributed by atoms with Crippen molar-refractivity contribution in [2.24, 2.45) is 0 Å². The molecule has 3 nitrogen and oxygen atoms in total. The lowest BCUT2D eigenvalue weighted by atomic mass is 10.4. The number of rotatable bonds is 13. The van der Waals surface area contributed by atoms with E-state index in [2.05, 4.69) is 66.3 Å². The molecule has 0 aliphatic rings. The molecule has 0 saturated carbocycles. The van der Waals surface area contributed by atoms with Gasteiger partial charge in [-0.15, -0.1) is 6.58 Å². The Morgan fingerprint density at radius 2 is 1.12 bits per heavy atom. The maximum absolute atomic E-state index is 6.62. The van der Waals surface area contributed by atoms with Crippen LogP contribution >= 0.6 is 0 Å². The van der Waals surface area contributed by atoms with Crippen LogP contribution in [0.4, 0.5) is 0 Å². The highest BCUT2D eigenvalue weighted by Crippen LogP contribution is 2.28. The van der Waals surface area contributed by atoms with Crippen molar-refractivity contribution in [2.75, 3.05) is 0 Å². The van der Waals surface area contributed by atoms with E-state index >= 15 is 0 Å². The van der Waals surface area contributed by atoms with Gasteiger partial charge in [-0.1, -0.05) is 45.2 Å². The van der Waals surface area contributed by atoms with E-state index in [0.717, 1.165) is 0 Å². The molecular formula is C17H42O3Si4. The van der Waals surface area contributed by atoms with E-state index in [9.17, 15) is 0 Å². The minimum absolute atomic E-state index is 1.18. The monoisotopic (exact) mass is 406 g/mol. The maximum atomic E-state index is 6.62. The Bertz CT molecular complexity index is 386. The zero-order valence-electron chi connectivity index (χ0n) is 17.8. The third kappa shape index (κ3) is 10.5. The lowest BCUT2D eigenvalue weighted by Gasteiger charge is -2.41. The molecule has 0 aliphatic carbocycles. The number of hydrogen-bond acceptors (Lipinski definition) is 3. The van der Waals surface area contributed by atoms with Crippen molar-refractivity contribution in [1.82, 2.24) is 0 Å². The summed E-state index contributed by atoms with van der Waals surface area (Å²) in [5.41, 5.74) is 1.95. The van der Waals surface area contributed by atoms with Crippen LogP contribution in [0, 0.1) is 0 Å². The van der Waals surface area contributed by atoms with Gasteiger partial charge in [-0.3, -0.25) is 0 Å². The van der Waals surface area contributed by atoms with Crippen LogP contribution in [0.25, 0.3) is 0 Å². The quantitative estimate of drug-likeness (QED) is 0.325. The van der Waals surface area contributed by atoms with Crippen molar-refractivity contribution < 1.29 is 12.3 Å². The fourth-order valence-electron chi connectivity index (χ4n) is 3.13. The molecule has 0 rings (SSSR count). The molecule has 0 N–H and O–H groups in total. The highest BCUT2D eigenvalue weighted by molar-refractivity contribution is 6.91. The summed E-state index contributed by atoms with van der Waals surface area (Å²) in [4.78, 5) is 0. The first kappa shape index (κ1) is 24.5. The molecule has 0 spiro atoms. The SMILES string of the molecule is C=C[Si](C)(O[Si](C)(C)CCCC)O[Si](C)(C)O[Si](C)(C)CCCC. The molecule has 0 aromatic heterocycles. The van der Waals surface area contributed by atoms with Gasteiger partial charge in [0.25, 0.3) is 0 Å². The molecule has 0 saturated heterocycles. The normalized spacial score (nSPS) is 16.0. The summed E-state index contributed by atoms with van der Waals surface area (Å²) in [5.74, 6) is 0. The molecule has 0 aromatic carbocycles. The Hall–Kier alpha value is 0.488. The Balaban J connectivity index is 4.96. The van der Waals surface area contributed by atoms with E-state index in [-0.39, 0.29) is 0 Å². The van der Waals surface area contributed by atoms with Crippen LogP contribution in [0.5, 0.6) is 0 Å². The molecule has 7 heteroatoms. The summed E-state index contributed by atoms with van der Waals surface area (Å²) in [6.07, 6.45) is 4.91. The van der Waals surface area contributed by atoms with Gasteiger partial charge in [0.2, 0.25) is 0 Å². The molecular weight excluding hydrogens is 365 g/mol. The van der Waals surface area contributed by atoms with Crippen molar-refractivity contribution in [3.05, 3.63) is 12.3 Å². The van der Waals surface area contributed by atoms with Crippen LogP contribution in [-0.4, -0.2) is 33.8 Å². The van der Waals surface area contributed by atoms with Gasteiger partial charge in [-0.2, -0.15) is 0 Å². The Morgan fingerprint density at radius 1 is 0.708 bits per heavy atom. The fraction of sp³-hybridized carbons (Fsp3) is 0.882. The second-order valence-corrected chi connectivity index (χ2v) is 24.4. The minimum Gasteiger partial charge on any atom is -0.436 e. The largest absolute Gasteiger partial charge is 0.436 e. The van der Waals surface area contributed by atoms with E-state index in [1.807, 2.05) is 5.70 Å². The first-order chi connectivity index (χ1) is 10.8. The molecule has 0 amide bonds. The summed E-state index contributed by atoms with van der Waals surface area (Å²) in [6.45, 7) is 24.2. The summed E-state index contributed by atoms with van der Waals surface area (Å²) in [7, 11) is -8.01. The van der Waals surface area contributed by atoms with Gasteiger partial charge in [-0.05, 0) is 57.9 Å². The predicted octanol–water partition coefficient (Wildman–Crippen LogP) is 6.55. The van der Waals surface area contributed by atoms with Gasteiger partial charge in [0.15, 0.2) is 16.6 Å². The van der Waals surface area contributed by atoms with Crippen molar-refractivity contribution in [2.45, 2.75) is 97.4 Å². The maximum Gasteiger partial charge on any atom is 0.342 e. The second-order valence-electron chi connectivity index (χ2n) is 8.65. The molecule has 1 atom stereocenters. The fourth-order valence-corrected chi connectivity index (χ4v) is 21.7.